The van der Waals surface area contributed by atoms with Crippen LogP contribution in [0.2, 0.25) is 0 Å². The van der Waals surface area contributed by atoms with Gasteiger partial charge in [0.1, 0.15) is 5.82 Å². The summed E-state index contributed by atoms with van der Waals surface area (Å²) in [7, 11) is 0. The quantitative estimate of drug-likeness (QED) is 0.723. The zero-order valence-electron chi connectivity index (χ0n) is 15.3. The molecule has 1 N–H and O–H groups in total. The highest BCUT2D eigenvalue weighted by atomic mass is 19.1. The Hall–Kier alpha value is -3.03. The van der Waals surface area contributed by atoms with E-state index in [0.717, 1.165) is 30.2 Å². The van der Waals surface area contributed by atoms with Crippen molar-refractivity contribution < 1.29 is 13.6 Å². The smallest absolute Gasteiger partial charge is 0.318 e. The van der Waals surface area contributed by atoms with Crippen LogP contribution in [-0.4, -0.2) is 37.6 Å². The van der Waals surface area contributed by atoms with Crippen molar-refractivity contribution >= 4 is 17.2 Å². The molecule has 0 spiro atoms. The first-order valence-electron chi connectivity index (χ1n) is 9.41. The van der Waals surface area contributed by atoms with Gasteiger partial charge in [-0.1, -0.05) is 0 Å². The molecule has 28 heavy (non-hydrogen) atoms. The molecule has 5 rings (SSSR count). The number of nitrogens with zero attached hydrogens (tertiary/aromatic N) is 4. The van der Waals surface area contributed by atoms with E-state index in [-0.39, 0.29) is 29.6 Å². The Morgan fingerprint density at radius 1 is 1.21 bits per heavy atom. The summed E-state index contributed by atoms with van der Waals surface area (Å²) in [6, 6.07) is 5.97. The van der Waals surface area contributed by atoms with Crippen molar-refractivity contribution in [2.24, 2.45) is 0 Å². The highest BCUT2D eigenvalue weighted by molar-refractivity contribution is 5.91. The summed E-state index contributed by atoms with van der Waals surface area (Å²) in [5.74, 6) is -0.763. The zero-order valence-corrected chi connectivity index (χ0v) is 15.3. The number of carbonyl (C=O) groups is 1. The minimum atomic E-state index is -0.520. The lowest BCUT2D eigenvalue weighted by molar-refractivity contribution is 0.0173. The Labute approximate surface area is 160 Å². The van der Waals surface area contributed by atoms with E-state index in [4.69, 9.17) is 0 Å². The number of fused-ring (bicyclic) bond motifs is 3. The van der Waals surface area contributed by atoms with Crippen LogP contribution in [0.25, 0.3) is 16.9 Å². The third-order valence-corrected chi connectivity index (χ3v) is 5.79. The highest BCUT2D eigenvalue weighted by Gasteiger charge is 2.44. The van der Waals surface area contributed by atoms with Gasteiger partial charge in [0.25, 0.3) is 0 Å². The van der Waals surface area contributed by atoms with E-state index in [1.165, 1.54) is 24.4 Å². The summed E-state index contributed by atoms with van der Waals surface area (Å²) in [5.41, 5.74) is 1.74. The summed E-state index contributed by atoms with van der Waals surface area (Å²) in [6.45, 7) is 1.73. The zero-order chi connectivity index (χ0) is 19.4. The number of benzene rings is 1. The predicted molar refractivity (Wildman–Crippen MR) is 100.0 cm³/mol. The number of piperidine rings is 1. The number of hydrogen-bond donors (Lipinski definition) is 1. The standard InChI is InChI=1S/C20H19F2N5O/c1-11-7-16(21)17(24-20(28)26-12-3-2-4-13(26)8-12)9-15(11)19-23-10-14-5-6-18(22)27(14)25-19/h5-7,9-10,12-13H,2-4,8H2,1H3,(H,24,28). The van der Waals surface area contributed by atoms with Crippen LogP contribution >= 0.6 is 0 Å². The van der Waals surface area contributed by atoms with E-state index < -0.39 is 11.8 Å². The molecule has 6 nitrogen and oxygen atoms in total. The first-order valence-corrected chi connectivity index (χ1v) is 9.41. The summed E-state index contributed by atoms with van der Waals surface area (Å²) in [4.78, 5) is 18.7. The van der Waals surface area contributed by atoms with Gasteiger partial charge >= 0.3 is 6.03 Å². The van der Waals surface area contributed by atoms with Gasteiger partial charge in [0.05, 0.1) is 17.4 Å². The predicted octanol–water partition coefficient (Wildman–Crippen LogP) is 4.14. The number of halogens is 2. The molecule has 2 fully saturated rings. The van der Waals surface area contributed by atoms with Crippen LogP contribution in [0.15, 0.2) is 30.5 Å². The Morgan fingerprint density at radius 3 is 2.75 bits per heavy atom. The van der Waals surface area contributed by atoms with Crippen molar-refractivity contribution in [3.63, 3.8) is 0 Å². The number of aryl methyl sites for hydroxylation is 1. The van der Waals surface area contributed by atoms with Crippen LogP contribution in [0.1, 0.15) is 31.2 Å². The van der Waals surface area contributed by atoms with Crippen LogP contribution in [0.3, 0.4) is 0 Å². The second kappa shape index (κ2) is 6.25. The second-order valence-corrected chi connectivity index (χ2v) is 7.53. The molecule has 2 aliphatic heterocycles. The van der Waals surface area contributed by atoms with E-state index in [2.05, 4.69) is 15.4 Å². The van der Waals surface area contributed by atoms with Crippen molar-refractivity contribution in [1.82, 2.24) is 19.5 Å². The lowest BCUT2D eigenvalue weighted by Crippen LogP contribution is -2.62. The molecule has 2 aromatic heterocycles. The molecular formula is C20H19F2N5O. The maximum absolute atomic E-state index is 14.5. The van der Waals surface area contributed by atoms with Crippen molar-refractivity contribution in [1.29, 1.82) is 0 Å². The van der Waals surface area contributed by atoms with Gasteiger partial charge < -0.3 is 10.2 Å². The van der Waals surface area contributed by atoms with Crippen LogP contribution in [0.5, 0.6) is 0 Å². The Bertz CT molecular complexity index is 1080. The van der Waals surface area contributed by atoms with Crippen molar-refractivity contribution in [2.45, 2.75) is 44.7 Å². The lowest BCUT2D eigenvalue weighted by atomic mass is 9.80. The van der Waals surface area contributed by atoms with Gasteiger partial charge in [-0.05, 0) is 62.4 Å². The molecule has 4 heterocycles. The third-order valence-electron chi connectivity index (χ3n) is 5.79. The number of aromatic nitrogens is 3. The van der Waals surface area contributed by atoms with Crippen LogP contribution < -0.4 is 5.32 Å². The molecule has 144 valence electrons. The van der Waals surface area contributed by atoms with Gasteiger partial charge in [-0.3, -0.25) is 0 Å². The molecule has 2 saturated heterocycles. The summed E-state index contributed by atoms with van der Waals surface area (Å²) >= 11 is 0. The first-order chi connectivity index (χ1) is 13.5. The van der Waals surface area contributed by atoms with Gasteiger partial charge in [-0.2, -0.15) is 4.39 Å². The molecule has 3 aromatic rings. The van der Waals surface area contributed by atoms with Crippen LogP contribution in [-0.2, 0) is 0 Å². The van der Waals surface area contributed by atoms with E-state index in [1.54, 1.807) is 13.0 Å². The molecule has 0 aliphatic carbocycles. The van der Waals surface area contributed by atoms with E-state index in [1.807, 2.05) is 4.90 Å². The number of carbonyl (C=O) groups excluding carboxylic acids is 1. The maximum Gasteiger partial charge on any atom is 0.322 e. The summed E-state index contributed by atoms with van der Waals surface area (Å²) in [6.07, 6.45) is 5.68. The molecule has 0 saturated carbocycles. The van der Waals surface area contributed by atoms with Crippen LogP contribution in [0, 0.1) is 18.7 Å². The molecule has 2 atom stereocenters. The highest BCUT2D eigenvalue weighted by Crippen LogP contribution is 2.38. The van der Waals surface area contributed by atoms with Gasteiger partial charge in [-0.15, -0.1) is 5.10 Å². The average molecular weight is 383 g/mol. The average Bonchev–Trinajstić information content (AvgIpc) is 3.05. The number of nitrogens with one attached hydrogen (secondary N) is 1. The van der Waals surface area contributed by atoms with Gasteiger partial charge in [0.15, 0.2) is 5.82 Å². The van der Waals surface area contributed by atoms with Crippen molar-refractivity contribution in [3.05, 3.63) is 47.8 Å². The number of anilines is 1. The first kappa shape index (κ1) is 17.1. The largest absolute Gasteiger partial charge is 0.322 e. The summed E-state index contributed by atoms with van der Waals surface area (Å²) < 4.78 is 29.5. The molecule has 2 unspecified atom stereocenters. The molecule has 0 radical (unpaired) electrons. The number of rotatable bonds is 2. The minimum absolute atomic E-state index is 0.0762. The Kier molecular flexibility index (Phi) is 3.82. The maximum atomic E-state index is 14.5. The lowest BCUT2D eigenvalue weighted by Gasteiger charge is -2.52. The fourth-order valence-corrected chi connectivity index (χ4v) is 4.32. The van der Waals surface area contributed by atoms with Crippen LogP contribution in [0.4, 0.5) is 19.3 Å². The molecule has 2 bridgehead atoms. The molecule has 2 amide bonds. The van der Waals surface area contributed by atoms with Crippen molar-refractivity contribution in [3.8, 4) is 11.4 Å². The third kappa shape index (κ3) is 2.63. The SMILES string of the molecule is Cc1cc(F)c(NC(=O)N2C3CCCC2C3)cc1-c1ncc2ccc(F)n2n1. The monoisotopic (exact) mass is 383 g/mol. The molecule has 1 aromatic carbocycles. The normalized spacial score (nSPS) is 20.9. The summed E-state index contributed by atoms with van der Waals surface area (Å²) in [5, 5.41) is 6.91. The van der Waals surface area contributed by atoms with E-state index in [0.29, 0.717) is 16.6 Å². The Morgan fingerprint density at radius 2 is 2.00 bits per heavy atom. The fourth-order valence-electron chi connectivity index (χ4n) is 4.32. The van der Waals surface area contributed by atoms with Gasteiger partial charge in [0.2, 0.25) is 5.95 Å². The Balaban J connectivity index is 1.47. The van der Waals surface area contributed by atoms with E-state index in [9.17, 15) is 13.6 Å². The van der Waals surface area contributed by atoms with Gasteiger partial charge in [-0.25, -0.2) is 18.7 Å². The number of hydrogen-bond acceptors (Lipinski definition) is 3. The van der Waals surface area contributed by atoms with E-state index >= 15 is 0 Å². The van der Waals surface area contributed by atoms with Crippen molar-refractivity contribution in [2.75, 3.05) is 5.32 Å². The molecule has 2 aliphatic rings. The number of amides is 2. The minimum Gasteiger partial charge on any atom is -0.318 e. The second-order valence-electron chi connectivity index (χ2n) is 7.53. The molecular weight excluding hydrogens is 364 g/mol. The van der Waals surface area contributed by atoms with Gasteiger partial charge in [0, 0.05) is 17.6 Å². The molecule has 8 heteroatoms. The number of urea groups is 1. The topological polar surface area (TPSA) is 62.5 Å². The fraction of sp³-hybridized carbons (Fsp3) is 0.350.